The van der Waals surface area contributed by atoms with Crippen LogP contribution in [0.4, 0.5) is 0 Å². The van der Waals surface area contributed by atoms with Crippen LogP contribution in [0.2, 0.25) is 0 Å². The average Bonchev–Trinajstić information content (AvgIpc) is 2.18. The van der Waals surface area contributed by atoms with E-state index in [0.717, 1.165) is 6.92 Å². The first-order valence-electron chi connectivity index (χ1n) is 4.58. The second-order valence-corrected chi connectivity index (χ2v) is 4.45. The normalized spacial score (nSPS) is 11.1. The van der Waals surface area contributed by atoms with Crippen molar-refractivity contribution in [2.45, 2.75) is 24.0 Å². The van der Waals surface area contributed by atoms with Gasteiger partial charge in [0, 0.05) is 17.1 Å². The topological polar surface area (TPSA) is 57.5 Å². The molecular formula is C11H16O3S. The van der Waals surface area contributed by atoms with Crippen molar-refractivity contribution < 1.29 is 15.0 Å². The van der Waals surface area contributed by atoms with E-state index in [4.69, 9.17) is 15.0 Å². The summed E-state index contributed by atoms with van der Waals surface area (Å²) in [7, 11) is 0. The van der Waals surface area contributed by atoms with Crippen LogP contribution in [0.5, 0.6) is 0 Å². The van der Waals surface area contributed by atoms with E-state index >= 15 is 0 Å². The van der Waals surface area contributed by atoms with E-state index < -0.39 is 5.97 Å². The minimum atomic E-state index is -0.833. The van der Waals surface area contributed by atoms with Crippen LogP contribution < -0.4 is 0 Å². The Kier molecular flexibility index (Phi) is 7.77. The van der Waals surface area contributed by atoms with Crippen LogP contribution in [-0.2, 0) is 4.79 Å². The molecule has 0 saturated heterocycles. The molecule has 0 radical (unpaired) electrons. The fraction of sp³-hybridized carbons (Fsp3) is 0.364. The Balaban J connectivity index is 0.000000423. The summed E-state index contributed by atoms with van der Waals surface area (Å²) >= 11 is 1.69. The van der Waals surface area contributed by atoms with E-state index in [0.29, 0.717) is 0 Å². The SMILES string of the molecule is CC(=O)O.CC(CO)Sc1ccccc1. The predicted octanol–water partition coefficient (Wildman–Crippen LogP) is 2.25. The summed E-state index contributed by atoms with van der Waals surface area (Å²) in [5.74, 6) is -0.833. The molecule has 0 saturated carbocycles. The molecule has 1 aromatic carbocycles. The van der Waals surface area contributed by atoms with Crippen LogP contribution in [0.1, 0.15) is 13.8 Å². The predicted molar refractivity (Wildman–Crippen MR) is 62.2 cm³/mol. The first kappa shape index (κ1) is 14.0. The maximum Gasteiger partial charge on any atom is 0.300 e. The fourth-order valence-corrected chi connectivity index (χ4v) is 1.62. The van der Waals surface area contributed by atoms with Crippen molar-refractivity contribution in [1.29, 1.82) is 0 Å². The molecule has 0 aliphatic rings. The van der Waals surface area contributed by atoms with Crippen LogP contribution in [0.15, 0.2) is 35.2 Å². The van der Waals surface area contributed by atoms with E-state index in [1.165, 1.54) is 4.90 Å². The third kappa shape index (κ3) is 9.31. The van der Waals surface area contributed by atoms with Crippen LogP contribution >= 0.6 is 11.8 Å². The summed E-state index contributed by atoms with van der Waals surface area (Å²) in [4.78, 5) is 10.2. The minimum Gasteiger partial charge on any atom is -0.481 e. The number of rotatable bonds is 3. The molecule has 2 N–H and O–H groups in total. The molecule has 1 rings (SSSR count). The summed E-state index contributed by atoms with van der Waals surface area (Å²) in [6.45, 7) is 3.33. The Hall–Kier alpha value is -1.00. The fourth-order valence-electron chi connectivity index (χ4n) is 0.769. The lowest BCUT2D eigenvalue weighted by atomic mass is 10.4. The lowest BCUT2D eigenvalue weighted by Gasteiger charge is -2.05. The zero-order valence-corrected chi connectivity index (χ0v) is 9.70. The highest BCUT2D eigenvalue weighted by atomic mass is 32.2. The third-order valence-corrected chi connectivity index (χ3v) is 2.43. The van der Waals surface area contributed by atoms with Crippen molar-refractivity contribution in [3.63, 3.8) is 0 Å². The number of benzene rings is 1. The van der Waals surface area contributed by atoms with Crippen molar-refractivity contribution in [3.8, 4) is 0 Å². The van der Waals surface area contributed by atoms with E-state index in [1.807, 2.05) is 25.1 Å². The molecule has 0 fully saturated rings. The van der Waals surface area contributed by atoms with Gasteiger partial charge in [0.25, 0.3) is 5.97 Å². The first-order valence-corrected chi connectivity index (χ1v) is 5.46. The Labute approximate surface area is 94.1 Å². The van der Waals surface area contributed by atoms with Crippen molar-refractivity contribution >= 4 is 17.7 Å². The second kappa shape index (κ2) is 8.32. The van der Waals surface area contributed by atoms with Gasteiger partial charge in [-0.15, -0.1) is 11.8 Å². The van der Waals surface area contributed by atoms with Crippen molar-refractivity contribution in [2.75, 3.05) is 6.61 Å². The van der Waals surface area contributed by atoms with Gasteiger partial charge >= 0.3 is 0 Å². The summed E-state index contributed by atoms with van der Waals surface area (Å²) < 4.78 is 0. The summed E-state index contributed by atoms with van der Waals surface area (Å²) in [6.07, 6.45) is 0. The maximum absolute atomic E-state index is 9.00. The average molecular weight is 228 g/mol. The first-order chi connectivity index (χ1) is 7.06. The second-order valence-electron chi connectivity index (χ2n) is 2.94. The number of aliphatic carboxylic acids is 1. The van der Waals surface area contributed by atoms with Gasteiger partial charge in [0.1, 0.15) is 0 Å². The smallest absolute Gasteiger partial charge is 0.300 e. The molecule has 4 heteroatoms. The van der Waals surface area contributed by atoms with Gasteiger partial charge in [-0.25, -0.2) is 0 Å². The Bertz CT molecular complexity index is 270. The highest BCUT2D eigenvalue weighted by Gasteiger charge is 2.00. The Morgan fingerprint density at radius 3 is 2.27 bits per heavy atom. The van der Waals surface area contributed by atoms with Gasteiger partial charge in [-0.3, -0.25) is 4.79 Å². The molecule has 0 aromatic heterocycles. The Morgan fingerprint density at radius 1 is 1.40 bits per heavy atom. The number of carbonyl (C=O) groups is 1. The highest BCUT2D eigenvalue weighted by Crippen LogP contribution is 2.21. The molecule has 0 heterocycles. The van der Waals surface area contributed by atoms with E-state index in [9.17, 15) is 0 Å². The van der Waals surface area contributed by atoms with Crippen molar-refractivity contribution in [1.82, 2.24) is 0 Å². The summed E-state index contributed by atoms with van der Waals surface area (Å²) in [5, 5.41) is 16.5. The molecule has 84 valence electrons. The minimum absolute atomic E-state index is 0.236. The van der Waals surface area contributed by atoms with Gasteiger partial charge in [-0.1, -0.05) is 25.1 Å². The van der Waals surface area contributed by atoms with Crippen LogP contribution in [0.25, 0.3) is 0 Å². The van der Waals surface area contributed by atoms with Crippen LogP contribution in [-0.4, -0.2) is 28.0 Å². The number of aliphatic hydroxyl groups excluding tert-OH is 1. The quantitative estimate of drug-likeness (QED) is 0.779. The number of carboxylic acid groups (broad SMARTS) is 1. The maximum atomic E-state index is 9.00. The number of carboxylic acids is 1. The van der Waals surface area contributed by atoms with Gasteiger partial charge in [-0.2, -0.15) is 0 Å². The third-order valence-electron chi connectivity index (χ3n) is 1.34. The molecule has 0 spiro atoms. The van der Waals surface area contributed by atoms with Crippen molar-refractivity contribution in [2.24, 2.45) is 0 Å². The molecule has 3 nitrogen and oxygen atoms in total. The summed E-state index contributed by atoms with van der Waals surface area (Å²) in [5.41, 5.74) is 0. The Morgan fingerprint density at radius 2 is 1.87 bits per heavy atom. The zero-order valence-electron chi connectivity index (χ0n) is 8.88. The highest BCUT2D eigenvalue weighted by molar-refractivity contribution is 8.00. The standard InChI is InChI=1S/C9H12OS.C2H4O2/c1-8(7-10)11-9-5-3-2-4-6-9;1-2(3)4/h2-6,8,10H,7H2,1H3;1H3,(H,3,4). The number of hydrogen-bond donors (Lipinski definition) is 2. The van der Waals surface area contributed by atoms with Crippen LogP contribution in [0.3, 0.4) is 0 Å². The van der Waals surface area contributed by atoms with Gasteiger partial charge < -0.3 is 10.2 Å². The molecule has 1 atom stereocenters. The largest absolute Gasteiger partial charge is 0.481 e. The molecule has 1 unspecified atom stereocenters. The summed E-state index contributed by atoms with van der Waals surface area (Å²) in [6, 6.07) is 10.1. The molecule has 0 amide bonds. The van der Waals surface area contributed by atoms with Crippen molar-refractivity contribution in [3.05, 3.63) is 30.3 Å². The molecule has 15 heavy (non-hydrogen) atoms. The van der Waals surface area contributed by atoms with E-state index in [1.54, 1.807) is 11.8 Å². The van der Waals surface area contributed by atoms with E-state index in [2.05, 4.69) is 12.1 Å². The lowest BCUT2D eigenvalue weighted by molar-refractivity contribution is -0.134. The zero-order chi connectivity index (χ0) is 11.7. The number of hydrogen-bond acceptors (Lipinski definition) is 3. The van der Waals surface area contributed by atoms with Gasteiger partial charge in [0.05, 0.1) is 6.61 Å². The molecule has 1 aromatic rings. The van der Waals surface area contributed by atoms with Crippen LogP contribution in [0, 0.1) is 0 Å². The monoisotopic (exact) mass is 228 g/mol. The molecule has 0 aliphatic heterocycles. The van der Waals surface area contributed by atoms with Gasteiger partial charge in [0.15, 0.2) is 0 Å². The lowest BCUT2D eigenvalue weighted by Crippen LogP contribution is -2.00. The molecular weight excluding hydrogens is 212 g/mol. The van der Waals surface area contributed by atoms with E-state index in [-0.39, 0.29) is 11.9 Å². The number of aliphatic hydroxyl groups is 1. The molecule has 0 aliphatic carbocycles. The number of thioether (sulfide) groups is 1. The van der Waals surface area contributed by atoms with Gasteiger partial charge in [0.2, 0.25) is 0 Å². The van der Waals surface area contributed by atoms with Gasteiger partial charge in [-0.05, 0) is 12.1 Å². The molecule has 0 bridgehead atoms.